The number of rotatable bonds is 5. The van der Waals surface area contributed by atoms with E-state index in [1.54, 1.807) is 25.4 Å². The maximum atomic E-state index is 12.2. The Bertz CT molecular complexity index is 1150. The molecular weight excluding hydrogens is 394 g/mol. The third-order valence-corrected chi connectivity index (χ3v) is 5.56. The van der Waals surface area contributed by atoms with Gasteiger partial charge in [-0.1, -0.05) is 12.1 Å². The molecule has 158 valence electrons. The maximum absolute atomic E-state index is 12.2. The van der Waals surface area contributed by atoms with Crippen molar-refractivity contribution in [3.05, 3.63) is 59.8 Å². The molecule has 0 spiro atoms. The predicted octanol–water partition coefficient (Wildman–Crippen LogP) is 3.59. The summed E-state index contributed by atoms with van der Waals surface area (Å²) in [4.78, 5) is 20.9. The summed E-state index contributed by atoms with van der Waals surface area (Å²) in [5, 5.41) is 9.28. The molecule has 2 unspecified atom stereocenters. The van der Waals surface area contributed by atoms with Crippen LogP contribution in [-0.4, -0.2) is 35.6 Å². The minimum atomic E-state index is -0.328. The van der Waals surface area contributed by atoms with E-state index in [4.69, 9.17) is 9.47 Å². The van der Waals surface area contributed by atoms with E-state index in [-0.39, 0.29) is 17.9 Å². The monoisotopic (exact) mass is 417 g/mol. The summed E-state index contributed by atoms with van der Waals surface area (Å²) in [6.45, 7) is 2.85. The molecule has 0 fully saturated rings. The Hall–Kier alpha value is -3.81. The molecule has 2 aliphatic heterocycles. The van der Waals surface area contributed by atoms with Gasteiger partial charge in [-0.05, 0) is 37.1 Å². The number of carbonyl (C=O) groups is 1. The molecule has 2 aromatic carbocycles. The van der Waals surface area contributed by atoms with Gasteiger partial charge in [0.15, 0.2) is 0 Å². The van der Waals surface area contributed by atoms with Gasteiger partial charge in [0.2, 0.25) is 17.7 Å². The Morgan fingerprint density at radius 1 is 1.23 bits per heavy atom. The highest BCUT2D eigenvalue weighted by Gasteiger charge is 2.36. The second kappa shape index (κ2) is 7.79. The fourth-order valence-electron chi connectivity index (χ4n) is 4.05. The molecule has 5 rings (SSSR count). The van der Waals surface area contributed by atoms with E-state index < -0.39 is 0 Å². The zero-order chi connectivity index (χ0) is 21.4. The topological polar surface area (TPSA) is 97.4 Å². The number of nitrogens with one attached hydrogen (secondary N) is 3. The first-order valence-electron chi connectivity index (χ1n) is 10.3. The first kappa shape index (κ1) is 19.2. The van der Waals surface area contributed by atoms with Crippen LogP contribution < -0.4 is 25.4 Å². The normalized spacial score (nSPS) is 18.4. The summed E-state index contributed by atoms with van der Waals surface area (Å²) in [5.74, 6) is 1.69. The van der Waals surface area contributed by atoms with Gasteiger partial charge in [0.1, 0.15) is 23.5 Å². The number of hydrogen-bond donors (Lipinski definition) is 3. The van der Waals surface area contributed by atoms with Crippen LogP contribution in [0.15, 0.2) is 48.7 Å². The van der Waals surface area contributed by atoms with Crippen molar-refractivity contribution in [2.45, 2.75) is 25.4 Å². The Labute approximate surface area is 180 Å². The van der Waals surface area contributed by atoms with Crippen LogP contribution in [0, 0.1) is 0 Å². The van der Waals surface area contributed by atoms with Gasteiger partial charge in [-0.25, -0.2) is 4.98 Å². The molecule has 31 heavy (non-hydrogen) atoms. The van der Waals surface area contributed by atoms with Crippen molar-refractivity contribution >= 4 is 23.2 Å². The molecule has 8 nitrogen and oxygen atoms in total. The van der Waals surface area contributed by atoms with Crippen LogP contribution in [0.1, 0.15) is 24.0 Å². The molecule has 0 bridgehead atoms. The third kappa shape index (κ3) is 3.72. The minimum Gasteiger partial charge on any atom is -0.489 e. The van der Waals surface area contributed by atoms with Crippen LogP contribution in [0.5, 0.6) is 17.4 Å². The minimum absolute atomic E-state index is 0.0619. The van der Waals surface area contributed by atoms with Gasteiger partial charge in [0, 0.05) is 48.9 Å². The van der Waals surface area contributed by atoms with Crippen molar-refractivity contribution < 1.29 is 14.3 Å². The van der Waals surface area contributed by atoms with Crippen molar-refractivity contribution in [1.82, 2.24) is 15.3 Å². The van der Waals surface area contributed by atoms with Crippen molar-refractivity contribution in [3.8, 4) is 17.4 Å². The molecule has 8 heteroatoms. The van der Waals surface area contributed by atoms with Crippen LogP contribution >= 0.6 is 0 Å². The highest BCUT2D eigenvalue weighted by Crippen LogP contribution is 2.41. The molecule has 2 aliphatic rings. The van der Waals surface area contributed by atoms with Gasteiger partial charge in [-0.3, -0.25) is 4.79 Å². The molecule has 3 heterocycles. The number of fused-ring (bicyclic) bond motifs is 2. The average molecular weight is 417 g/mol. The highest BCUT2D eigenvalue weighted by atomic mass is 16.5. The smallest absolute Gasteiger partial charge is 0.231 e. The summed E-state index contributed by atoms with van der Waals surface area (Å²) < 4.78 is 11.8. The number of nitrogens with zero attached hydrogens (tertiary/aromatic N) is 2. The number of anilines is 3. The lowest BCUT2D eigenvalue weighted by Crippen LogP contribution is -2.31. The largest absolute Gasteiger partial charge is 0.489 e. The fourth-order valence-corrected chi connectivity index (χ4v) is 4.05. The number of benzene rings is 2. The van der Waals surface area contributed by atoms with E-state index >= 15 is 0 Å². The second-order valence-corrected chi connectivity index (χ2v) is 7.61. The first-order valence-corrected chi connectivity index (χ1v) is 10.3. The van der Waals surface area contributed by atoms with Crippen LogP contribution in [0.25, 0.3) is 0 Å². The summed E-state index contributed by atoms with van der Waals surface area (Å²) >= 11 is 0. The van der Waals surface area contributed by atoms with Crippen molar-refractivity contribution in [1.29, 1.82) is 0 Å². The van der Waals surface area contributed by atoms with Gasteiger partial charge in [-0.2, -0.15) is 4.98 Å². The molecule has 0 radical (unpaired) electrons. The van der Waals surface area contributed by atoms with Crippen molar-refractivity contribution in [2.75, 3.05) is 24.2 Å². The quantitative estimate of drug-likeness (QED) is 0.584. The van der Waals surface area contributed by atoms with Crippen molar-refractivity contribution in [2.24, 2.45) is 0 Å². The average Bonchev–Trinajstić information content (AvgIpc) is 3.36. The van der Waals surface area contributed by atoms with Gasteiger partial charge in [-0.15, -0.1) is 0 Å². The highest BCUT2D eigenvalue weighted by molar-refractivity contribution is 5.86. The summed E-state index contributed by atoms with van der Waals surface area (Å²) in [6, 6.07) is 13.3. The lowest BCUT2D eigenvalue weighted by molar-refractivity contribution is -0.123. The number of hydrogen-bond acceptors (Lipinski definition) is 7. The Kier molecular flexibility index (Phi) is 4.82. The lowest BCUT2D eigenvalue weighted by Gasteiger charge is -2.12. The molecule has 0 aliphatic carbocycles. The molecule has 0 saturated heterocycles. The van der Waals surface area contributed by atoms with Gasteiger partial charge >= 0.3 is 0 Å². The Balaban J connectivity index is 1.32. The van der Waals surface area contributed by atoms with Crippen LogP contribution in [0.2, 0.25) is 0 Å². The summed E-state index contributed by atoms with van der Waals surface area (Å²) in [6.07, 6.45) is 2.45. The van der Waals surface area contributed by atoms with Crippen LogP contribution in [-0.2, 0) is 11.2 Å². The van der Waals surface area contributed by atoms with E-state index in [2.05, 4.69) is 38.1 Å². The molecule has 0 saturated carbocycles. The number of ether oxygens (including phenoxy) is 2. The van der Waals surface area contributed by atoms with Gasteiger partial charge in [0.25, 0.3) is 0 Å². The molecular formula is C23H23N5O3. The van der Waals surface area contributed by atoms with E-state index in [0.29, 0.717) is 23.3 Å². The van der Waals surface area contributed by atoms with E-state index in [1.807, 2.05) is 25.1 Å². The van der Waals surface area contributed by atoms with E-state index in [1.165, 1.54) is 5.56 Å². The SMILES string of the molecule is CNC(=O)C1c2ccc(Oc3ccnc(Nc4ccc5c(c4)NCC5)n3)cc2OC1C. The summed E-state index contributed by atoms with van der Waals surface area (Å²) in [5.41, 5.74) is 4.22. The molecule has 3 N–H and O–H groups in total. The second-order valence-electron chi connectivity index (χ2n) is 7.61. The Morgan fingerprint density at radius 3 is 3.00 bits per heavy atom. The fraction of sp³-hybridized carbons (Fsp3) is 0.261. The van der Waals surface area contributed by atoms with E-state index in [9.17, 15) is 4.79 Å². The van der Waals surface area contributed by atoms with Crippen molar-refractivity contribution in [3.63, 3.8) is 0 Å². The van der Waals surface area contributed by atoms with Crippen LogP contribution in [0.3, 0.4) is 0 Å². The third-order valence-electron chi connectivity index (χ3n) is 5.56. The lowest BCUT2D eigenvalue weighted by atomic mass is 9.95. The number of likely N-dealkylation sites (N-methyl/N-ethyl adjacent to an activating group) is 1. The number of amides is 1. The molecule has 3 aromatic rings. The molecule has 2 atom stereocenters. The number of carbonyl (C=O) groups excluding carboxylic acids is 1. The maximum Gasteiger partial charge on any atom is 0.231 e. The Morgan fingerprint density at radius 2 is 2.13 bits per heavy atom. The predicted molar refractivity (Wildman–Crippen MR) is 117 cm³/mol. The van der Waals surface area contributed by atoms with Gasteiger partial charge in [0.05, 0.1) is 0 Å². The van der Waals surface area contributed by atoms with Gasteiger partial charge < -0.3 is 25.4 Å². The van der Waals surface area contributed by atoms with E-state index in [0.717, 1.165) is 29.9 Å². The summed E-state index contributed by atoms with van der Waals surface area (Å²) in [7, 11) is 1.63. The molecule has 1 amide bonds. The first-order chi connectivity index (χ1) is 15.1. The number of aromatic nitrogens is 2. The van der Waals surface area contributed by atoms with Crippen LogP contribution in [0.4, 0.5) is 17.3 Å². The zero-order valence-electron chi connectivity index (χ0n) is 17.3. The standard InChI is InChI=1S/C23H23N5O3/c1-13-21(22(29)24-2)17-6-5-16(12-19(17)30-13)31-20-8-10-26-23(28-20)27-15-4-3-14-7-9-25-18(14)11-15/h3-6,8,10-13,21,25H,7,9H2,1-2H3,(H,24,29)(H,26,27,28). The zero-order valence-corrected chi connectivity index (χ0v) is 17.3. The molecule has 1 aromatic heterocycles.